The lowest BCUT2D eigenvalue weighted by molar-refractivity contribution is -0.130. The molecule has 17 heavy (non-hydrogen) atoms. The highest BCUT2D eigenvalue weighted by atomic mass is 16.5. The second kappa shape index (κ2) is 5.83. The fourth-order valence-corrected chi connectivity index (χ4v) is 2.95. The Morgan fingerprint density at radius 3 is 2.53 bits per heavy atom. The summed E-state index contributed by atoms with van der Waals surface area (Å²) in [5.41, 5.74) is 5.54. The van der Waals surface area contributed by atoms with Gasteiger partial charge in [-0.05, 0) is 31.6 Å². The van der Waals surface area contributed by atoms with Crippen molar-refractivity contribution in [3.8, 4) is 0 Å². The van der Waals surface area contributed by atoms with Crippen LogP contribution < -0.4 is 11.1 Å². The van der Waals surface area contributed by atoms with E-state index in [1.165, 1.54) is 0 Å². The van der Waals surface area contributed by atoms with Crippen molar-refractivity contribution >= 4 is 5.91 Å². The SMILES string of the molecule is NCC1(C(=O)NCC2CCOCC2)CCCC1. The third-order valence-corrected chi connectivity index (χ3v) is 4.33. The van der Waals surface area contributed by atoms with Gasteiger partial charge in [0.05, 0.1) is 5.41 Å². The van der Waals surface area contributed by atoms with Crippen LogP contribution in [0.3, 0.4) is 0 Å². The summed E-state index contributed by atoms with van der Waals surface area (Å²) >= 11 is 0. The first-order chi connectivity index (χ1) is 8.27. The van der Waals surface area contributed by atoms with Crippen molar-refractivity contribution < 1.29 is 9.53 Å². The number of ether oxygens (including phenoxy) is 1. The highest BCUT2D eigenvalue weighted by molar-refractivity contribution is 5.83. The van der Waals surface area contributed by atoms with Gasteiger partial charge in [0.1, 0.15) is 0 Å². The Labute approximate surface area is 103 Å². The van der Waals surface area contributed by atoms with Crippen LogP contribution in [0.2, 0.25) is 0 Å². The molecule has 0 aromatic carbocycles. The minimum Gasteiger partial charge on any atom is -0.381 e. The van der Waals surface area contributed by atoms with Gasteiger partial charge in [0.15, 0.2) is 0 Å². The van der Waals surface area contributed by atoms with Gasteiger partial charge in [-0.2, -0.15) is 0 Å². The van der Waals surface area contributed by atoms with Crippen LogP contribution in [0, 0.1) is 11.3 Å². The van der Waals surface area contributed by atoms with Crippen LogP contribution in [-0.4, -0.2) is 32.2 Å². The Kier molecular flexibility index (Phi) is 4.40. The summed E-state index contributed by atoms with van der Waals surface area (Å²) in [5.74, 6) is 0.771. The maximum absolute atomic E-state index is 12.2. The van der Waals surface area contributed by atoms with Gasteiger partial charge >= 0.3 is 0 Å². The van der Waals surface area contributed by atoms with Gasteiger partial charge in [-0.3, -0.25) is 4.79 Å². The Bertz CT molecular complexity index is 256. The maximum Gasteiger partial charge on any atom is 0.227 e. The Morgan fingerprint density at radius 1 is 1.29 bits per heavy atom. The topological polar surface area (TPSA) is 64.4 Å². The van der Waals surface area contributed by atoms with Crippen molar-refractivity contribution in [2.45, 2.75) is 38.5 Å². The molecule has 4 nitrogen and oxygen atoms in total. The predicted octanol–water partition coefficient (Wildman–Crippen LogP) is 1.05. The van der Waals surface area contributed by atoms with E-state index in [1.54, 1.807) is 0 Å². The lowest BCUT2D eigenvalue weighted by atomic mass is 9.85. The molecule has 1 saturated heterocycles. The summed E-state index contributed by atoms with van der Waals surface area (Å²) in [4.78, 5) is 12.2. The normalized spacial score (nSPS) is 24.8. The number of nitrogens with one attached hydrogen (secondary N) is 1. The van der Waals surface area contributed by atoms with Crippen LogP contribution in [0.4, 0.5) is 0 Å². The van der Waals surface area contributed by atoms with Gasteiger partial charge in [-0.25, -0.2) is 0 Å². The fourth-order valence-electron chi connectivity index (χ4n) is 2.95. The van der Waals surface area contributed by atoms with E-state index in [1.807, 2.05) is 0 Å². The molecule has 0 radical (unpaired) electrons. The zero-order chi connectivity index (χ0) is 12.1. The Hall–Kier alpha value is -0.610. The average molecular weight is 240 g/mol. The molecule has 2 fully saturated rings. The van der Waals surface area contributed by atoms with Gasteiger partial charge in [-0.1, -0.05) is 12.8 Å². The van der Waals surface area contributed by atoms with Crippen molar-refractivity contribution in [2.24, 2.45) is 17.1 Å². The van der Waals surface area contributed by atoms with E-state index >= 15 is 0 Å². The molecule has 2 aliphatic rings. The maximum atomic E-state index is 12.2. The first kappa shape index (κ1) is 12.8. The number of hydrogen-bond acceptors (Lipinski definition) is 3. The van der Waals surface area contributed by atoms with E-state index in [9.17, 15) is 4.79 Å². The predicted molar refractivity (Wildman–Crippen MR) is 66.5 cm³/mol. The standard InChI is InChI=1S/C13H24N2O2/c14-10-13(5-1-2-6-13)12(16)15-9-11-3-7-17-8-4-11/h11H,1-10,14H2,(H,15,16). The third-order valence-electron chi connectivity index (χ3n) is 4.33. The van der Waals surface area contributed by atoms with Crippen molar-refractivity contribution in [3.63, 3.8) is 0 Å². The molecule has 3 N–H and O–H groups in total. The van der Waals surface area contributed by atoms with Crippen LogP contribution in [0.25, 0.3) is 0 Å². The largest absolute Gasteiger partial charge is 0.381 e. The molecule has 0 aromatic rings. The van der Waals surface area contributed by atoms with Crippen molar-refractivity contribution in [1.29, 1.82) is 0 Å². The molecule has 0 atom stereocenters. The van der Waals surface area contributed by atoms with Crippen molar-refractivity contribution in [3.05, 3.63) is 0 Å². The van der Waals surface area contributed by atoms with Crippen LogP contribution in [0.5, 0.6) is 0 Å². The molecule has 1 aliphatic carbocycles. The Morgan fingerprint density at radius 2 is 1.94 bits per heavy atom. The highest BCUT2D eigenvalue weighted by Gasteiger charge is 2.39. The van der Waals surface area contributed by atoms with Crippen LogP contribution in [-0.2, 0) is 9.53 Å². The molecular formula is C13H24N2O2. The molecule has 1 amide bonds. The molecule has 0 aromatic heterocycles. The van der Waals surface area contributed by atoms with E-state index in [4.69, 9.17) is 10.5 Å². The lowest BCUT2D eigenvalue weighted by Gasteiger charge is -2.28. The number of amides is 1. The average Bonchev–Trinajstić information content (AvgIpc) is 2.87. The smallest absolute Gasteiger partial charge is 0.227 e. The molecule has 4 heteroatoms. The minimum atomic E-state index is -0.259. The molecule has 0 bridgehead atoms. The highest BCUT2D eigenvalue weighted by Crippen LogP contribution is 2.37. The minimum absolute atomic E-state index is 0.184. The number of rotatable bonds is 4. The molecule has 1 saturated carbocycles. The monoisotopic (exact) mass is 240 g/mol. The van der Waals surface area contributed by atoms with E-state index < -0.39 is 0 Å². The van der Waals surface area contributed by atoms with Gasteiger partial charge in [-0.15, -0.1) is 0 Å². The van der Waals surface area contributed by atoms with Crippen molar-refractivity contribution in [1.82, 2.24) is 5.32 Å². The molecule has 2 rings (SSSR count). The van der Waals surface area contributed by atoms with Crippen molar-refractivity contribution in [2.75, 3.05) is 26.3 Å². The lowest BCUT2D eigenvalue weighted by Crippen LogP contribution is -2.46. The summed E-state index contributed by atoms with van der Waals surface area (Å²) in [6.45, 7) is 2.96. The molecule has 1 aliphatic heterocycles. The van der Waals surface area contributed by atoms with Crippen LogP contribution >= 0.6 is 0 Å². The van der Waals surface area contributed by atoms with Gasteiger partial charge < -0.3 is 15.8 Å². The quantitative estimate of drug-likeness (QED) is 0.772. The second-order valence-corrected chi connectivity index (χ2v) is 5.46. The Balaban J connectivity index is 1.79. The summed E-state index contributed by atoms with van der Waals surface area (Å²) in [7, 11) is 0. The zero-order valence-corrected chi connectivity index (χ0v) is 10.5. The summed E-state index contributed by atoms with van der Waals surface area (Å²) < 4.78 is 5.31. The molecular weight excluding hydrogens is 216 g/mol. The zero-order valence-electron chi connectivity index (χ0n) is 10.5. The first-order valence-corrected chi connectivity index (χ1v) is 6.83. The molecule has 0 unspecified atom stereocenters. The summed E-state index contributed by atoms with van der Waals surface area (Å²) in [6.07, 6.45) is 6.34. The van der Waals surface area contributed by atoms with Crippen LogP contribution in [0.15, 0.2) is 0 Å². The number of carbonyl (C=O) groups excluding carboxylic acids is 1. The molecule has 98 valence electrons. The van der Waals surface area contributed by atoms with E-state index in [2.05, 4.69) is 5.32 Å². The fraction of sp³-hybridized carbons (Fsp3) is 0.923. The second-order valence-electron chi connectivity index (χ2n) is 5.46. The van der Waals surface area contributed by atoms with Crippen LogP contribution in [0.1, 0.15) is 38.5 Å². The van der Waals surface area contributed by atoms with Gasteiger partial charge in [0.2, 0.25) is 5.91 Å². The summed E-state index contributed by atoms with van der Waals surface area (Å²) in [6, 6.07) is 0. The van der Waals surface area contributed by atoms with Gasteiger partial charge in [0.25, 0.3) is 0 Å². The van der Waals surface area contributed by atoms with Gasteiger partial charge in [0, 0.05) is 26.3 Å². The molecule has 1 heterocycles. The summed E-state index contributed by atoms with van der Waals surface area (Å²) in [5, 5.41) is 3.11. The number of nitrogens with two attached hydrogens (primary N) is 1. The molecule has 0 spiro atoms. The number of carbonyl (C=O) groups is 1. The number of hydrogen-bond donors (Lipinski definition) is 2. The third kappa shape index (κ3) is 2.99. The van der Waals surface area contributed by atoms with E-state index in [0.717, 1.165) is 58.3 Å². The van der Waals surface area contributed by atoms with E-state index in [-0.39, 0.29) is 11.3 Å². The first-order valence-electron chi connectivity index (χ1n) is 6.83. The van der Waals surface area contributed by atoms with E-state index in [0.29, 0.717) is 12.5 Å².